The minimum Gasteiger partial charge on any atom is -0.387 e. The number of nitrogens with zero attached hydrogens (tertiary/aromatic N) is 1. The molecular weight excluding hydrogens is 208 g/mol. The topological polar surface area (TPSA) is 59.1 Å². The van der Waals surface area contributed by atoms with Crippen LogP contribution < -0.4 is 5.73 Å². The highest BCUT2D eigenvalue weighted by Gasteiger charge is 2.08. The SMILES string of the molecule is NC[C@H](O)c1cccnc1Br. The molecule has 0 radical (unpaired) electrons. The van der Waals surface area contributed by atoms with Gasteiger partial charge in [-0.15, -0.1) is 0 Å². The quantitative estimate of drug-likeness (QED) is 0.721. The van der Waals surface area contributed by atoms with Crippen molar-refractivity contribution < 1.29 is 5.11 Å². The van der Waals surface area contributed by atoms with Gasteiger partial charge in [-0.1, -0.05) is 6.07 Å². The van der Waals surface area contributed by atoms with Gasteiger partial charge in [-0.2, -0.15) is 0 Å². The molecule has 1 rings (SSSR count). The zero-order valence-electron chi connectivity index (χ0n) is 5.87. The van der Waals surface area contributed by atoms with Crippen LogP contribution in [0.15, 0.2) is 22.9 Å². The first-order chi connectivity index (χ1) is 5.25. The van der Waals surface area contributed by atoms with Crippen LogP contribution in [-0.4, -0.2) is 16.6 Å². The summed E-state index contributed by atoms with van der Waals surface area (Å²) in [6, 6.07) is 3.55. The van der Waals surface area contributed by atoms with E-state index >= 15 is 0 Å². The van der Waals surface area contributed by atoms with Crippen LogP contribution >= 0.6 is 15.9 Å². The van der Waals surface area contributed by atoms with Crippen molar-refractivity contribution in [3.05, 3.63) is 28.5 Å². The van der Waals surface area contributed by atoms with Gasteiger partial charge in [0.2, 0.25) is 0 Å². The molecule has 0 aliphatic rings. The Morgan fingerprint density at radius 1 is 1.73 bits per heavy atom. The third-order valence-electron chi connectivity index (χ3n) is 1.37. The summed E-state index contributed by atoms with van der Waals surface area (Å²) < 4.78 is 0.651. The number of rotatable bonds is 2. The molecule has 0 aromatic carbocycles. The molecule has 0 aliphatic heterocycles. The fourth-order valence-corrected chi connectivity index (χ4v) is 1.29. The van der Waals surface area contributed by atoms with Crippen molar-refractivity contribution in [2.75, 3.05) is 6.54 Å². The Labute approximate surface area is 73.4 Å². The molecule has 1 aromatic heterocycles. The normalized spacial score (nSPS) is 13.0. The number of nitrogens with two attached hydrogens (primary N) is 1. The van der Waals surface area contributed by atoms with E-state index in [1.165, 1.54) is 0 Å². The summed E-state index contributed by atoms with van der Waals surface area (Å²) in [6.45, 7) is 0.213. The summed E-state index contributed by atoms with van der Waals surface area (Å²) in [5.41, 5.74) is 6.01. The van der Waals surface area contributed by atoms with Crippen LogP contribution in [0.5, 0.6) is 0 Å². The summed E-state index contributed by atoms with van der Waals surface area (Å²) in [5.74, 6) is 0. The third kappa shape index (κ3) is 1.99. The van der Waals surface area contributed by atoms with Gasteiger partial charge in [0.1, 0.15) is 4.60 Å². The lowest BCUT2D eigenvalue weighted by Crippen LogP contribution is -2.12. The predicted octanol–water partition coefficient (Wildman–Crippen LogP) is 0.836. The molecule has 4 heteroatoms. The molecule has 1 atom stereocenters. The fourth-order valence-electron chi connectivity index (χ4n) is 0.774. The van der Waals surface area contributed by atoms with Gasteiger partial charge in [0.15, 0.2) is 0 Å². The lowest BCUT2D eigenvalue weighted by molar-refractivity contribution is 0.185. The van der Waals surface area contributed by atoms with Gasteiger partial charge in [-0.25, -0.2) is 4.98 Å². The van der Waals surface area contributed by atoms with Crippen molar-refractivity contribution in [3.63, 3.8) is 0 Å². The number of halogens is 1. The van der Waals surface area contributed by atoms with E-state index in [-0.39, 0.29) is 6.54 Å². The molecular formula is C7H9BrN2O. The molecule has 0 saturated heterocycles. The maximum atomic E-state index is 9.32. The largest absolute Gasteiger partial charge is 0.387 e. The number of aromatic nitrogens is 1. The second-order valence-corrected chi connectivity index (χ2v) is 2.89. The molecule has 0 saturated carbocycles. The predicted molar refractivity (Wildman–Crippen MR) is 46.0 cm³/mol. The van der Waals surface area contributed by atoms with E-state index in [1.807, 2.05) is 0 Å². The number of hydrogen-bond donors (Lipinski definition) is 2. The molecule has 0 aliphatic carbocycles. The average molecular weight is 217 g/mol. The Hall–Kier alpha value is -0.450. The van der Waals surface area contributed by atoms with E-state index in [9.17, 15) is 5.11 Å². The Balaban J connectivity index is 2.93. The van der Waals surface area contributed by atoms with Crippen molar-refractivity contribution in [1.82, 2.24) is 4.98 Å². The van der Waals surface area contributed by atoms with E-state index in [0.29, 0.717) is 4.60 Å². The van der Waals surface area contributed by atoms with Crippen molar-refractivity contribution in [1.29, 1.82) is 0 Å². The van der Waals surface area contributed by atoms with E-state index in [0.717, 1.165) is 5.56 Å². The van der Waals surface area contributed by atoms with Crippen LogP contribution in [0, 0.1) is 0 Å². The number of aliphatic hydroxyl groups is 1. The van der Waals surface area contributed by atoms with E-state index in [1.54, 1.807) is 18.3 Å². The first-order valence-corrected chi connectivity index (χ1v) is 4.03. The van der Waals surface area contributed by atoms with Gasteiger partial charge in [-0.05, 0) is 22.0 Å². The van der Waals surface area contributed by atoms with Gasteiger partial charge in [0.05, 0.1) is 6.10 Å². The lowest BCUT2D eigenvalue weighted by Gasteiger charge is -2.08. The van der Waals surface area contributed by atoms with Crippen molar-refractivity contribution >= 4 is 15.9 Å². The Kier molecular flexibility index (Phi) is 2.99. The standard InChI is InChI=1S/C7H9BrN2O/c8-7-5(6(11)4-9)2-1-3-10-7/h1-3,6,11H,4,9H2/t6-/m0/s1. The summed E-state index contributed by atoms with van der Waals surface area (Å²) in [6.07, 6.45) is 1.02. The van der Waals surface area contributed by atoms with Crippen LogP contribution in [0.3, 0.4) is 0 Å². The van der Waals surface area contributed by atoms with Crippen LogP contribution in [0.1, 0.15) is 11.7 Å². The van der Waals surface area contributed by atoms with Crippen molar-refractivity contribution in [2.24, 2.45) is 5.73 Å². The molecule has 0 fully saturated rings. The summed E-state index contributed by atoms with van der Waals surface area (Å²) in [4.78, 5) is 3.95. The van der Waals surface area contributed by atoms with Crippen LogP contribution in [-0.2, 0) is 0 Å². The van der Waals surface area contributed by atoms with Crippen LogP contribution in [0.25, 0.3) is 0 Å². The molecule has 11 heavy (non-hydrogen) atoms. The monoisotopic (exact) mass is 216 g/mol. The first kappa shape index (κ1) is 8.64. The molecule has 0 bridgehead atoms. The minimum absolute atomic E-state index is 0.213. The minimum atomic E-state index is -0.627. The molecule has 3 nitrogen and oxygen atoms in total. The van der Waals surface area contributed by atoms with Gasteiger partial charge in [-0.3, -0.25) is 0 Å². The maximum Gasteiger partial charge on any atom is 0.111 e. The van der Waals surface area contributed by atoms with Gasteiger partial charge in [0.25, 0.3) is 0 Å². The highest BCUT2D eigenvalue weighted by molar-refractivity contribution is 9.10. The van der Waals surface area contributed by atoms with Crippen LogP contribution in [0.2, 0.25) is 0 Å². The Morgan fingerprint density at radius 2 is 2.45 bits per heavy atom. The second-order valence-electron chi connectivity index (χ2n) is 2.13. The molecule has 0 spiro atoms. The van der Waals surface area contributed by atoms with Crippen molar-refractivity contribution in [3.8, 4) is 0 Å². The number of hydrogen-bond acceptors (Lipinski definition) is 3. The highest BCUT2D eigenvalue weighted by atomic mass is 79.9. The van der Waals surface area contributed by atoms with E-state index in [2.05, 4.69) is 20.9 Å². The smallest absolute Gasteiger partial charge is 0.111 e. The van der Waals surface area contributed by atoms with Crippen molar-refractivity contribution in [2.45, 2.75) is 6.10 Å². The Bertz CT molecular complexity index is 242. The summed E-state index contributed by atoms with van der Waals surface area (Å²) >= 11 is 3.21. The second kappa shape index (κ2) is 3.80. The highest BCUT2D eigenvalue weighted by Crippen LogP contribution is 2.19. The molecule has 1 aromatic rings. The molecule has 3 N–H and O–H groups in total. The zero-order chi connectivity index (χ0) is 8.27. The van der Waals surface area contributed by atoms with E-state index in [4.69, 9.17) is 5.73 Å². The fraction of sp³-hybridized carbons (Fsp3) is 0.286. The first-order valence-electron chi connectivity index (χ1n) is 3.24. The zero-order valence-corrected chi connectivity index (χ0v) is 7.45. The molecule has 0 unspecified atom stereocenters. The van der Waals surface area contributed by atoms with Gasteiger partial charge in [0, 0.05) is 18.3 Å². The number of aliphatic hydroxyl groups excluding tert-OH is 1. The van der Waals surface area contributed by atoms with E-state index < -0.39 is 6.10 Å². The average Bonchev–Trinajstić information content (AvgIpc) is 2.04. The molecule has 60 valence electrons. The summed E-state index contributed by atoms with van der Waals surface area (Å²) in [5, 5.41) is 9.32. The molecule has 1 heterocycles. The molecule has 0 amide bonds. The van der Waals surface area contributed by atoms with Gasteiger partial charge >= 0.3 is 0 Å². The van der Waals surface area contributed by atoms with Gasteiger partial charge < -0.3 is 10.8 Å². The van der Waals surface area contributed by atoms with Crippen LogP contribution in [0.4, 0.5) is 0 Å². The lowest BCUT2D eigenvalue weighted by atomic mass is 10.2. The summed E-state index contributed by atoms with van der Waals surface area (Å²) in [7, 11) is 0. The third-order valence-corrected chi connectivity index (χ3v) is 2.03. The Morgan fingerprint density at radius 3 is 3.00 bits per heavy atom. The maximum absolute atomic E-state index is 9.32. The number of pyridine rings is 1.